The van der Waals surface area contributed by atoms with Gasteiger partial charge in [0.2, 0.25) is 11.0 Å². The molecule has 1 aliphatic carbocycles. The maximum Gasteiger partial charge on any atom is 0.247 e. The molecule has 5 heteroatoms. The van der Waals surface area contributed by atoms with Crippen LogP contribution in [0.25, 0.3) is 0 Å². The molecule has 0 spiro atoms. The van der Waals surface area contributed by atoms with Crippen molar-refractivity contribution in [2.75, 3.05) is 6.26 Å². The second-order valence-electron chi connectivity index (χ2n) is 3.13. The van der Waals surface area contributed by atoms with Gasteiger partial charge in [-0.2, -0.15) is 10.2 Å². The molecule has 4 nitrogen and oxygen atoms in total. The van der Waals surface area contributed by atoms with Crippen LogP contribution in [0, 0.1) is 11.3 Å². The highest BCUT2D eigenvalue weighted by Gasteiger charge is 2.44. The van der Waals surface area contributed by atoms with E-state index in [-0.39, 0.29) is 0 Å². The van der Waals surface area contributed by atoms with Crippen molar-refractivity contribution in [1.29, 1.82) is 5.26 Å². The van der Waals surface area contributed by atoms with E-state index < -0.39 is 5.41 Å². The Balaban J connectivity index is 2.29. The van der Waals surface area contributed by atoms with Crippen LogP contribution in [0.2, 0.25) is 0 Å². The number of hydrogen-bond donors (Lipinski definition) is 0. The largest absolute Gasteiger partial charge is 0.337 e. The number of nitriles is 1. The monoisotopic (exact) mass is 195 g/mol. The maximum absolute atomic E-state index is 8.99. The summed E-state index contributed by atoms with van der Waals surface area (Å²) in [7, 11) is 0. The molecule has 1 heterocycles. The summed E-state index contributed by atoms with van der Waals surface area (Å²) < 4.78 is 5.05. The van der Waals surface area contributed by atoms with E-state index in [0.29, 0.717) is 11.0 Å². The average Bonchev–Trinajstić information content (AvgIpc) is 2.52. The lowest BCUT2D eigenvalue weighted by Gasteiger charge is -2.30. The summed E-state index contributed by atoms with van der Waals surface area (Å²) in [6, 6.07) is 2.26. The fourth-order valence-electron chi connectivity index (χ4n) is 1.39. The number of rotatable bonds is 2. The Labute approximate surface area is 80.3 Å². The van der Waals surface area contributed by atoms with Crippen LogP contribution in [0.5, 0.6) is 0 Å². The molecule has 1 aromatic heterocycles. The highest BCUT2D eigenvalue weighted by atomic mass is 32.2. The normalized spacial score (nSPS) is 19.1. The minimum absolute atomic E-state index is 0.471. The van der Waals surface area contributed by atoms with E-state index in [2.05, 4.69) is 16.2 Å². The lowest BCUT2D eigenvalue weighted by Crippen LogP contribution is -2.32. The zero-order chi connectivity index (χ0) is 9.31. The van der Waals surface area contributed by atoms with Crippen LogP contribution in [0.15, 0.2) is 9.68 Å². The second-order valence-corrected chi connectivity index (χ2v) is 3.91. The average molecular weight is 195 g/mol. The van der Waals surface area contributed by atoms with Crippen LogP contribution in [-0.4, -0.2) is 16.4 Å². The van der Waals surface area contributed by atoms with E-state index in [1.807, 2.05) is 6.26 Å². The Morgan fingerprint density at radius 1 is 1.62 bits per heavy atom. The fourth-order valence-corrected chi connectivity index (χ4v) is 1.68. The minimum atomic E-state index is -0.471. The molecule has 13 heavy (non-hydrogen) atoms. The van der Waals surface area contributed by atoms with Gasteiger partial charge in [-0.3, -0.25) is 0 Å². The Kier molecular flexibility index (Phi) is 2.00. The lowest BCUT2D eigenvalue weighted by molar-refractivity contribution is 0.231. The first kappa shape index (κ1) is 8.57. The molecule has 1 aromatic rings. The van der Waals surface area contributed by atoms with Gasteiger partial charge in [0.05, 0.1) is 6.07 Å². The summed E-state index contributed by atoms with van der Waals surface area (Å²) in [6.07, 6.45) is 4.65. The standard InChI is InChI=1S/C8H9N3OS/c1-13-7-10-6(12-11-7)8(5-9)3-2-4-8/h2-4H2,1H3. The Morgan fingerprint density at radius 3 is 2.77 bits per heavy atom. The summed E-state index contributed by atoms with van der Waals surface area (Å²) in [5.41, 5.74) is -0.471. The van der Waals surface area contributed by atoms with Crippen LogP contribution >= 0.6 is 11.8 Å². The summed E-state index contributed by atoms with van der Waals surface area (Å²) >= 11 is 1.43. The van der Waals surface area contributed by atoms with Gasteiger partial charge in [-0.05, 0) is 25.5 Å². The summed E-state index contributed by atoms with van der Waals surface area (Å²) in [4.78, 5) is 4.16. The summed E-state index contributed by atoms with van der Waals surface area (Å²) in [5, 5.41) is 13.4. The summed E-state index contributed by atoms with van der Waals surface area (Å²) in [5.74, 6) is 0.491. The van der Waals surface area contributed by atoms with Crippen molar-refractivity contribution >= 4 is 11.8 Å². The molecule has 1 fully saturated rings. The van der Waals surface area contributed by atoms with Gasteiger partial charge in [0.15, 0.2) is 0 Å². The molecule has 0 N–H and O–H groups in total. The van der Waals surface area contributed by atoms with Crippen molar-refractivity contribution in [2.45, 2.75) is 29.8 Å². The number of hydrogen-bond acceptors (Lipinski definition) is 5. The highest BCUT2D eigenvalue weighted by Crippen LogP contribution is 2.42. The minimum Gasteiger partial charge on any atom is -0.337 e. The van der Waals surface area contributed by atoms with Crippen molar-refractivity contribution < 1.29 is 4.52 Å². The second kappa shape index (κ2) is 3.04. The molecular weight excluding hydrogens is 186 g/mol. The van der Waals surface area contributed by atoms with Crippen molar-refractivity contribution in [3.63, 3.8) is 0 Å². The summed E-state index contributed by atoms with van der Waals surface area (Å²) in [6.45, 7) is 0. The molecule has 0 atom stereocenters. The van der Waals surface area contributed by atoms with Crippen molar-refractivity contribution in [3.05, 3.63) is 5.89 Å². The SMILES string of the molecule is CSc1noc(C2(C#N)CCC2)n1. The molecule has 0 bridgehead atoms. The van der Waals surface area contributed by atoms with E-state index in [4.69, 9.17) is 9.78 Å². The van der Waals surface area contributed by atoms with E-state index in [0.717, 1.165) is 19.3 Å². The van der Waals surface area contributed by atoms with E-state index in [9.17, 15) is 0 Å². The molecule has 1 saturated carbocycles. The molecule has 0 saturated heterocycles. The first-order valence-corrected chi connectivity index (χ1v) is 5.33. The smallest absolute Gasteiger partial charge is 0.247 e. The number of thioether (sulfide) groups is 1. The van der Waals surface area contributed by atoms with Gasteiger partial charge in [-0.1, -0.05) is 16.9 Å². The van der Waals surface area contributed by atoms with E-state index >= 15 is 0 Å². The van der Waals surface area contributed by atoms with Gasteiger partial charge >= 0.3 is 0 Å². The van der Waals surface area contributed by atoms with E-state index in [1.165, 1.54) is 11.8 Å². The predicted octanol–water partition coefficient (Wildman–Crippen LogP) is 1.74. The van der Waals surface area contributed by atoms with Gasteiger partial charge in [0.25, 0.3) is 0 Å². The zero-order valence-electron chi connectivity index (χ0n) is 7.28. The molecule has 0 amide bonds. The Morgan fingerprint density at radius 2 is 2.38 bits per heavy atom. The van der Waals surface area contributed by atoms with E-state index in [1.54, 1.807) is 0 Å². The first-order valence-electron chi connectivity index (χ1n) is 4.10. The molecule has 0 aliphatic heterocycles. The fraction of sp³-hybridized carbons (Fsp3) is 0.625. The molecule has 0 aromatic carbocycles. The van der Waals surface area contributed by atoms with Crippen molar-refractivity contribution in [2.24, 2.45) is 0 Å². The van der Waals surface area contributed by atoms with Crippen LogP contribution in [0.4, 0.5) is 0 Å². The molecule has 68 valence electrons. The number of aromatic nitrogens is 2. The lowest BCUT2D eigenvalue weighted by atomic mass is 9.70. The quantitative estimate of drug-likeness (QED) is 0.672. The number of nitrogens with zero attached hydrogens (tertiary/aromatic N) is 3. The van der Waals surface area contributed by atoms with Crippen LogP contribution in [0.3, 0.4) is 0 Å². The predicted molar refractivity (Wildman–Crippen MR) is 47.2 cm³/mol. The van der Waals surface area contributed by atoms with Gasteiger partial charge < -0.3 is 4.52 Å². The van der Waals surface area contributed by atoms with Crippen LogP contribution < -0.4 is 0 Å². The Bertz CT molecular complexity index is 351. The van der Waals surface area contributed by atoms with Crippen LogP contribution in [-0.2, 0) is 5.41 Å². The first-order chi connectivity index (χ1) is 6.30. The van der Waals surface area contributed by atoms with Crippen LogP contribution in [0.1, 0.15) is 25.2 Å². The van der Waals surface area contributed by atoms with Crippen molar-refractivity contribution in [1.82, 2.24) is 10.1 Å². The highest BCUT2D eigenvalue weighted by molar-refractivity contribution is 7.98. The molecular formula is C8H9N3OS. The van der Waals surface area contributed by atoms with Crippen molar-refractivity contribution in [3.8, 4) is 6.07 Å². The topological polar surface area (TPSA) is 62.7 Å². The van der Waals surface area contributed by atoms with Gasteiger partial charge in [-0.25, -0.2) is 0 Å². The molecule has 2 rings (SSSR count). The van der Waals surface area contributed by atoms with Gasteiger partial charge in [-0.15, -0.1) is 0 Å². The maximum atomic E-state index is 8.99. The molecule has 0 radical (unpaired) electrons. The van der Waals surface area contributed by atoms with Gasteiger partial charge in [0, 0.05) is 0 Å². The molecule has 0 unspecified atom stereocenters. The molecule has 1 aliphatic rings. The van der Waals surface area contributed by atoms with Gasteiger partial charge in [0.1, 0.15) is 5.41 Å². The zero-order valence-corrected chi connectivity index (χ0v) is 8.10. The third kappa shape index (κ3) is 1.22. The Hall–Kier alpha value is -1.02. The third-order valence-electron chi connectivity index (χ3n) is 2.42. The third-order valence-corrected chi connectivity index (χ3v) is 2.95.